The molecule has 4 heteroatoms. The number of aliphatic hydroxyl groups is 1. The molecule has 0 aliphatic rings. The molecule has 0 saturated carbocycles. The molecule has 2 aromatic heterocycles. The largest absolute Gasteiger partial charge is 0.396 e. The zero-order valence-electron chi connectivity index (χ0n) is 21.6. The Labute approximate surface area is 228 Å². The molecule has 186 valence electrons. The minimum atomic E-state index is 0.131. The van der Waals surface area contributed by atoms with E-state index in [1.807, 2.05) is 0 Å². The predicted octanol–water partition coefficient (Wildman–Crippen LogP) is 9.91. The van der Waals surface area contributed by atoms with Crippen molar-refractivity contribution in [1.82, 2.24) is 0 Å². The van der Waals surface area contributed by atoms with Crippen molar-refractivity contribution in [3.63, 3.8) is 0 Å². The molecule has 0 amide bonds. The second-order valence-corrected chi connectivity index (χ2v) is 13.3. The second-order valence-electron chi connectivity index (χ2n) is 9.93. The summed E-state index contributed by atoms with van der Waals surface area (Å²) in [6, 6.07) is 24.1. The van der Waals surface area contributed by atoms with E-state index in [1.165, 1.54) is 36.9 Å². The molecule has 1 nitrogen and oxygen atoms in total. The summed E-state index contributed by atoms with van der Waals surface area (Å²) >= 11 is 5.18. The van der Waals surface area contributed by atoms with Crippen molar-refractivity contribution in [3.05, 3.63) is 107 Å². The van der Waals surface area contributed by atoms with Gasteiger partial charge in [-0.2, -0.15) is 0 Å². The highest BCUT2D eigenvalue weighted by molar-refractivity contribution is 8.16. The van der Waals surface area contributed by atoms with E-state index in [0.29, 0.717) is 6.42 Å². The third-order valence-corrected chi connectivity index (χ3v) is 9.89. The first-order valence-electron chi connectivity index (χ1n) is 12.3. The van der Waals surface area contributed by atoms with Crippen molar-refractivity contribution in [2.75, 3.05) is 6.61 Å². The molecule has 4 aromatic rings. The van der Waals surface area contributed by atoms with Gasteiger partial charge < -0.3 is 5.11 Å². The summed E-state index contributed by atoms with van der Waals surface area (Å²) in [6.07, 6.45) is 1.67. The molecule has 0 fully saturated rings. The van der Waals surface area contributed by atoms with Crippen molar-refractivity contribution in [1.29, 1.82) is 0 Å². The third-order valence-electron chi connectivity index (χ3n) is 6.26. The van der Waals surface area contributed by atoms with Gasteiger partial charge in [0.05, 0.1) is 0 Å². The van der Waals surface area contributed by atoms with Crippen LogP contribution in [0.5, 0.6) is 0 Å². The Morgan fingerprint density at radius 2 is 1.53 bits per heavy atom. The molecule has 2 aromatic carbocycles. The Bertz CT molecular complexity index is 1350. The first kappa shape index (κ1) is 26.7. The zero-order valence-corrected chi connectivity index (χ0v) is 24.0. The highest BCUT2D eigenvalue weighted by Gasteiger charge is 2.17. The van der Waals surface area contributed by atoms with E-state index in [4.69, 9.17) is 0 Å². The lowest BCUT2D eigenvalue weighted by Crippen LogP contribution is -2.10. The minimum Gasteiger partial charge on any atom is -0.396 e. The van der Waals surface area contributed by atoms with Crippen molar-refractivity contribution in [3.8, 4) is 20.2 Å². The van der Waals surface area contributed by atoms with Gasteiger partial charge >= 0.3 is 0 Å². The molecule has 0 saturated heterocycles. The van der Waals surface area contributed by atoms with Gasteiger partial charge in [-0.25, -0.2) is 0 Å². The summed E-state index contributed by atoms with van der Waals surface area (Å²) in [4.78, 5) is 6.84. The van der Waals surface area contributed by atoms with Crippen LogP contribution < -0.4 is 0 Å². The van der Waals surface area contributed by atoms with Crippen LogP contribution in [0.4, 0.5) is 0 Å². The van der Waals surface area contributed by atoms with E-state index in [9.17, 15) is 5.11 Å². The van der Waals surface area contributed by atoms with Crippen molar-refractivity contribution >= 4 is 44.2 Å². The summed E-state index contributed by atoms with van der Waals surface area (Å²) in [5, 5.41) is 9.72. The van der Waals surface area contributed by atoms with Gasteiger partial charge in [-0.15, -0.1) is 22.7 Å². The molecule has 0 aliphatic carbocycles. The first-order chi connectivity index (χ1) is 17.2. The maximum atomic E-state index is 9.72. The fourth-order valence-corrected chi connectivity index (χ4v) is 7.21. The molecule has 1 N–H and O–H groups in total. The van der Waals surface area contributed by atoms with E-state index in [-0.39, 0.29) is 12.0 Å². The Hall–Kier alpha value is -2.37. The molecular formula is C32H34OS3. The SMILES string of the molecule is C=C(SC(=C)c1cc(CCO)c(-c2ccc(-c3ccc(C(C)(C)C)cc3)s2)s1)c1ccc(CC)cc1. The molecule has 4 rings (SSSR count). The predicted molar refractivity (Wildman–Crippen MR) is 164 cm³/mol. The Balaban J connectivity index is 1.55. The highest BCUT2D eigenvalue weighted by atomic mass is 32.2. The lowest BCUT2D eigenvalue weighted by molar-refractivity contribution is 0.300. The van der Waals surface area contributed by atoms with Gasteiger partial charge in [0.2, 0.25) is 0 Å². The number of thiophene rings is 2. The lowest BCUT2D eigenvalue weighted by Gasteiger charge is -2.18. The van der Waals surface area contributed by atoms with E-state index >= 15 is 0 Å². The van der Waals surface area contributed by atoms with Crippen molar-refractivity contribution in [2.45, 2.75) is 46.0 Å². The monoisotopic (exact) mass is 530 g/mol. The number of aliphatic hydroxyl groups excluding tert-OH is 1. The topological polar surface area (TPSA) is 20.2 Å². The maximum Gasteiger partial charge on any atom is 0.0482 e. The van der Waals surface area contributed by atoms with E-state index in [1.54, 1.807) is 34.4 Å². The van der Waals surface area contributed by atoms with Crippen LogP contribution in [0.25, 0.3) is 30.0 Å². The zero-order chi connectivity index (χ0) is 25.9. The Kier molecular flexibility index (Phi) is 8.41. The third kappa shape index (κ3) is 6.12. The average Bonchev–Trinajstić information content (AvgIpc) is 3.51. The molecule has 0 spiro atoms. The molecular weight excluding hydrogens is 497 g/mol. The van der Waals surface area contributed by atoms with Gasteiger partial charge in [-0.1, -0.05) is 101 Å². The number of hydrogen-bond acceptors (Lipinski definition) is 4. The summed E-state index contributed by atoms with van der Waals surface area (Å²) < 4.78 is 0. The van der Waals surface area contributed by atoms with Crippen LogP contribution in [0.3, 0.4) is 0 Å². The van der Waals surface area contributed by atoms with Crippen molar-refractivity contribution < 1.29 is 5.11 Å². The van der Waals surface area contributed by atoms with Crippen LogP contribution in [-0.4, -0.2) is 11.7 Å². The molecule has 2 heterocycles. The fraction of sp³-hybridized carbons (Fsp3) is 0.250. The summed E-state index contributed by atoms with van der Waals surface area (Å²) in [7, 11) is 0. The number of thioether (sulfide) groups is 1. The van der Waals surface area contributed by atoms with E-state index < -0.39 is 0 Å². The molecule has 36 heavy (non-hydrogen) atoms. The van der Waals surface area contributed by atoms with E-state index in [0.717, 1.165) is 26.7 Å². The summed E-state index contributed by atoms with van der Waals surface area (Å²) in [6.45, 7) is 17.7. The van der Waals surface area contributed by atoms with Gasteiger partial charge in [0.15, 0.2) is 0 Å². The van der Waals surface area contributed by atoms with Crippen LogP contribution in [0.15, 0.2) is 79.9 Å². The van der Waals surface area contributed by atoms with Crippen LogP contribution >= 0.6 is 34.4 Å². The second kappa shape index (κ2) is 11.4. The summed E-state index contributed by atoms with van der Waals surface area (Å²) in [5.41, 5.74) is 6.36. The minimum absolute atomic E-state index is 0.131. The lowest BCUT2D eigenvalue weighted by atomic mass is 9.86. The van der Waals surface area contributed by atoms with E-state index in [2.05, 4.69) is 108 Å². The number of aryl methyl sites for hydroxylation is 1. The first-order valence-corrected chi connectivity index (χ1v) is 14.7. The van der Waals surface area contributed by atoms with Crippen LogP contribution in [0.2, 0.25) is 0 Å². The number of benzene rings is 2. The standard InChI is InChI=1S/C32H34OS3/c1-7-23-8-10-24(11-9-23)21(2)34-22(3)30-20-26(18-19-33)31(36-30)29-17-16-28(35-29)25-12-14-27(15-13-25)32(4,5)6/h8-17,20,33H,2-3,7,18-19H2,1,4-6H3. The van der Waals surface area contributed by atoms with Crippen molar-refractivity contribution in [2.24, 2.45) is 0 Å². The van der Waals surface area contributed by atoms with Crippen LogP contribution in [0, 0.1) is 0 Å². The van der Waals surface area contributed by atoms with Gasteiger partial charge in [-0.05, 0) is 64.3 Å². The van der Waals surface area contributed by atoms with Gasteiger partial charge in [0, 0.05) is 35.9 Å². The smallest absolute Gasteiger partial charge is 0.0482 e. The average molecular weight is 531 g/mol. The molecule has 0 bridgehead atoms. The Morgan fingerprint density at radius 3 is 2.14 bits per heavy atom. The highest BCUT2D eigenvalue weighted by Crippen LogP contribution is 2.45. The number of rotatable bonds is 9. The van der Waals surface area contributed by atoms with Crippen LogP contribution in [0.1, 0.15) is 54.8 Å². The normalized spacial score (nSPS) is 11.6. The van der Waals surface area contributed by atoms with Gasteiger partial charge in [0.25, 0.3) is 0 Å². The van der Waals surface area contributed by atoms with Gasteiger partial charge in [0.1, 0.15) is 0 Å². The van der Waals surface area contributed by atoms with Crippen LogP contribution in [-0.2, 0) is 18.3 Å². The molecule has 0 atom stereocenters. The molecule has 0 aliphatic heterocycles. The quantitative estimate of drug-likeness (QED) is 0.232. The Morgan fingerprint density at radius 1 is 0.861 bits per heavy atom. The fourth-order valence-electron chi connectivity index (χ4n) is 4.01. The maximum absolute atomic E-state index is 9.72. The summed E-state index contributed by atoms with van der Waals surface area (Å²) in [5.74, 6) is 0. The molecule has 0 unspecified atom stereocenters. The van der Waals surface area contributed by atoms with Gasteiger partial charge in [-0.3, -0.25) is 0 Å². The number of hydrogen-bond donors (Lipinski definition) is 1. The molecule has 0 radical (unpaired) electrons.